The maximum absolute atomic E-state index is 13.3. The number of amides is 1. The lowest BCUT2D eigenvalue weighted by Gasteiger charge is -2.21. The average Bonchev–Trinajstić information content (AvgIpc) is 2.39. The summed E-state index contributed by atoms with van der Waals surface area (Å²) in [5, 5.41) is 2.96. The molecule has 1 aliphatic rings. The van der Waals surface area contributed by atoms with E-state index in [-0.39, 0.29) is 17.8 Å². The zero-order valence-corrected chi connectivity index (χ0v) is 10.4. The first kappa shape index (κ1) is 12.8. The van der Waals surface area contributed by atoms with Crippen molar-refractivity contribution in [2.45, 2.75) is 38.1 Å². The molecule has 0 bridgehead atoms. The van der Waals surface area contributed by atoms with Crippen LogP contribution in [0.5, 0.6) is 0 Å². The van der Waals surface area contributed by atoms with Crippen LogP contribution in [0.2, 0.25) is 0 Å². The van der Waals surface area contributed by atoms with Gasteiger partial charge in [-0.15, -0.1) is 0 Å². The Morgan fingerprint density at radius 3 is 2.67 bits per heavy atom. The molecule has 1 aromatic rings. The number of rotatable bonds is 3. The number of hydrogen-bond donors (Lipinski definition) is 1. The van der Waals surface area contributed by atoms with Gasteiger partial charge in [-0.25, -0.2) is 4.39 Å². The third-order valence-electron chi connectivity index (χ3n) is 3.27. The molecule has 0 unspecified atom stereocenters. The number of carbonyl (C=O) groups excluding carboxylic acids is 1. The molecule has 1 aromatic carbocycles. The fraction of sp³-hybridized carbons (Fsp3) is 0.400. The molecule has 96 valence electrons. The summed E-state index contributed by atoms with van der Waals surface area (Å²) in [6.07, 6.45) is 8.67. The maximum Gasteiger partial charge on any atom is 0.244 e. The van der Waals surface area contributed by atoms with Crippen LogP contribution in [0.4, 0.5) is 4.39 Å². The minimum Gasteiger partial charge on any atom is -0.350 e. The highest BCUT2D eigenvalue weighted by Crippen LogP contribution is 2.17. The molecule has 2 nitrogen and oxygen atoms in total. The van der Waals surface area contributed by atoms with Crippen molar-refractivity contribution in [2.75, 3.05) is 0 Å². The van der Waals surface area contributed by atoms with E-state index in [1.54, 1.807) is 18.2 Å². The van der Waals surface area contributed by atoms with Gasteiger partial charge >= 0.3 is 0 Å². The van der Waals surface area contributed by atoms with Crippen LogP contribution in [0, 0.1) is 5.82 Å². The molecule has 0 saturated heterocycles. The average molecular weight is 247 g/mol. The fourth-order valence-electron chi connectivity index (χ4n) is 2.27. The molecule has 0 heterocycles. The van der Waals surface area contributed by atoms with Crippen LogP contribution < -0.4 is 5.32 Å². The SMILES string of the molecule is O=C(/C=C/c1ccccc1F)NC1CCCCC1. The van der Waals surface area contributed by atoms with Crippen molar-refractivity contribution in [1.29, 1.82) is 0 Å². The number of halogens is 1. The van der Waals surface area contributed by atoms with Crippen LogP contribution in [0.25, 0.3) is 6.08 Å². The second-order valence-electron chi connectivity index (χ2n) is 4.70. The lowest BCUT2D eigenvalue weighted by Crippen LogP contribution is -2.34. The number of hydrogen-bond acceptors (Lipinski definition) is 1. The molecule has 1 aliphatic carbocycles. The van der Waals surface area contributed by atoms with Crippen molar-refractivity contribution in [3.63, 3.8) is 0 Å². The predicted molar refractivity (Wildman–Crippen MR) is 70.4 cm³/mol. The zero-order valence-electron chi connectivity index (χ0n) is 10.4. The second-order valence-corrected chi connectivity index (χ2v) is 4.70. The van der Waals surface area contributed by atoms with Gasteiger partial charge in [-0.2, -0.15) is 0 Å². The smallest absolute Gasteiger partial charge is 0.244 e. The molecular formula is C15H18FNO. The second kappa shape index (κ2) is 6.34. The van der Waals surface area contributed by atoms with Crippen molar-refractivity contribution >= 4 is 12.0 Å². The molecule has 0 spiro atoms. The first-order valence-electron chi connectivity index (χ1n) is 6.49. The van der Waals surface area contributed by atoms with E-state index in [0.29, 0.717) is 5.56 Å². The largest absolute Gasteiger partial charge is 0.350 e. The third-order valence-corrected chi connectivity index (χ3v) is 3.27. The van der Waals surface area contributed by atoms with Gasteiger partial charge in [-0.05, 0) is 25.0 Å². The van der Waals surface area contributed by atoms with Crippen LogP contribution in [0.15, 0.2) is 30.3 Å². The summed E-state index contributed by atoms with van der Waals surface area (Å²) < 4.78 is 13.3. The molecule has 3 heteroatoms. The molecule has 18 heavy (non-hydrogen) atoms. The van der Waals surface area contributed by atoms with Crippen molar-refractivity contribution in [2.24, 2.45) is 0 Å². The van der Waals surface area contributed by atoms with Gasteiger partial charge in [0.05, 0.1) is 0 Å². The Balaban J connectivity index is 1.88. The quantitative estimate of drug-likeness (QED) is 0.816. The molecule has 0 aliphatic heterocycles. The van der Waals surface area contributed by atoms with Crippen molar-refractivity contribution < 1.29 is 9.18 Å². The summed E-state index contributed by atoms with van der Waals surface area (Å²) in [5.41, 5.74) is 0.441. The molecule has 0 aromatic heterocycles. The van der Waals surface area contributed by atoms with Crippen molar-refractivity contribution in [1.82, 2.24) is 5.32 Å². The summed E-state index contributed by atoms with van der Waals surface area (Å²) >= 11 is 0. The number of nitrogens with one attached hydrogen (secondary N) is 1. The van der Waals surface area contributed by atoms with Crippen LogP contribution in [0.3, 0.4) is 0 Å². The molecule has 1 saturated carbocycles. The Morgan fingerprint density at radius 2 is 1.94 bits per heavy atom. The summed E-state index contributed by atoms with van der Waals surface area (Å²) in [6.45, 7) is 0. The third kappa shape index (κ3) is 3.69. The van der Waals surface area contributed by atoms with E-state index in [1.807, 2.05) is 0 Å². The first-order valence-corrected chi connectivity index (χ1v) is 6.49. The lowest BCUT2D eigenvalue weighted by molar-refractivity contribution is -0.117. The van der Waals surface area contributed by atoms with Gasteiger partial charge in [0, 0.05) is 17.7 Å². The highest BCUT2D eigenvalue weighted by atomic mass is 19.1. The Bertz CT molecular complexity index is 436. The molecule has 1 N–H and O–H groups in total. The normalized spacial score (nSPS) is 16.9. The van der Waals surface area contributed by atoms with E-state index in [4.69, 9.17) is 0 Å². The van der Waals surface area contributed by atoms with Gasteiger partial charge < -0.3 is 5.32 Å². The van der Waals surface area contributed by atoms with E-state index in [1.165, 1.54) is 37.5 Å². The standard InChI is InChI=1S/C15H18FNO/c16-14-9-5-4-6-12(14)10-11-15(18)17-13-7-2-1-3-8-13/h4-6,9-11,13H,1-3,7-8H2,(H,17,18)/b11-10+. The van der Waals surface area contributed by atoms with Crippen molar-refractivity contribution in [3.8, 4) is 0 Å². The summed E-state index contributed by atoms with van der Waals surface area (Å²) in [4.78, 5) is 11.7. The van der Waals surface area contributed by atoms with Crippen LogP contribution in [-0.2, 0) is 4.79 Å². The highest BCUT2D eigenvalue weighted by Gasteiger charge is 2.14. The fourth-order valence-corrected chi connectivity index (χ4v) is 2.27. The van der Waals surface area contributed by atoms with Gasteiger partial charge in [0.25, 0.3) is 0 Å². The van der Waals surface area contributed by atoms with Crippen LogP contribution in [-0.4, -0.2) is 11.9 Å². The van der Waals surface area contributed by atoms with Gasteiger partial charge in [0.1, 0.15) is 5.82 Å². The Morgan fingerprint density at radius 1 is 1.22 bits per heavy atom. The monoisotopic (exact) mass is 247 g/mol. The molecule has 0 radical (unpaired) electrons. The summed E-state index contributed by atoms with van der Waals surface area (Å²) in [7, 11) is 0. The number of carbonyl (C=O) groups is 1. The summed E-state index contributed by atoms with van der Waals surface area (Å²) in [5.74, 6) is -0.440. The summed E-state index contributed by atoms with van der Waals surface area (Å²) in [6, 6.07) is 6.71. The number of benzene rings is 1. The molecule has 2 rings (SSSR count). The van der Waals surface area contributed by atoms with E-state index in [0.717, 1.165) is 12.8 Å². The predicted octanol–water partition coefficient (Wildman–Crippen LogP) is 3.29. The van der Waals surface area contributed by atoms with Gasteiger partial charge in [-0.1, -0.05) is 37.5 Å². The first-order chi connectivity index (χ1) is 8.75. The molecule has 0 atom stereocenters. The zero-order chi connectivity index (χ0) is 12.8. The van der Waals surface area contributed by atoms with Crippen LogP contribution >= 0.6 is 0 Å². The minimum absolute atomic E-state index is 0.134. The molecule has 1 fully saturated rings. The van der Waals surface area contributed by atoms with E-state index < -0.39 is 0 Å². The maximum atomic E-state index is 13.3. The van der Waals surface area contributed by atoms with E-state index in [9.17, 15) is 9.18 Å². The lowest BCUT2D eigenvalue weighted by atomic mass is 9.95. The Kier molecular flexibility index (Phi) is 4.51. The van der Waals surface area contributed by atoms with Crippen LogP contribution in [0.1, 0.15) is 37.7 Å². The van der Waals surface area contributed by atoms with Gasteiger partial charge in [-0.3, -0.25) is 4.79 Å². The molecule has 1 amide bonds. The Labute approximate surface area is 107 Å². The minimum atomic E-state index is -0.306. The Hall–Kier alpha value is -1.64. The topological polar surface area (TPSA) is 29.1 Å². The molecular weight excluding hydrogens is 229 g/mol. The van der Waals surface area contributed by atoms with Gasteiger partial charge in [0.2, 0.25) is 5.91 Å². The van der Waals surface area contributed by atoms with E-state index >= 15 is 0 Å². The van der Waals surface area contributed by atoms with Crippen molar-refractivity contribution in [3.05, 3.63) is 41.7 Å². The van der Waals surface area contributed by atoms with Gasteiger partial charge in [0.15, 0.2) is 0 Å². The van der Waals surface area contributed by atoms with E-state index in [2.05, 4.69) is 5.32 Å². The highest BCUT2D eigenvalue weighted by molar-refractivity contribution is 5.91.